The topological polar surface area (TPSA) is 60.9 Å². The summed E-state index contributed by atoms with van der Waals surface area (Å²) in [6.07, 6.45) is 4.21. The minimum absolute atomic E-state index is 0.0692. The summed E-state index contributed by atoms with van der Waals surface area (Å²) in [4.78, 5) is 23.5. The van der Waals surface area contributed by atoms with E-state index in [4.69, 9.17) is 4.74 Å². The highest BCUT2D eigenvalue weighted by Crippen LogP contribution is 2.16. The van der Waals surface area contributed by atoms with Crippen LogP contribution in [0.2, 0.25) is 0 Å². The fourth-order valence-electron chi connectivity index (χ4n) is 3.76. The van der Waals surface area contributed by atoms with Crippen LogP contribution < -0.4 is 10.2 Å². The van der Waals surface area contributed by atoms with Gasteiger partial charge < -0.3 is 24.8 Å². The number of amides is 2. The molecule has 0 saturated carbocycles. The number of pyridine rings is 1. The highest BCUT2D eigenvalue weighted by molar-refractivity contribution is 5.74. The number of aromatic nitrogens is 1. The summed E-state index contributed by atoms with van der Waals surface area (Å²) >= 11 is 0. The summed E-state index contributed by atoms with van der Waals surface area (Å²) in [5, 5.41) is 3.15. The van der Waals surface area contributed by atoms with E-state index < -0.39 is 0 Å². The molecule has 7 nitrogen and oxygen atoms in total. The molecule has 2 aliphatic rings. The van der Waals surface area contributed by atoms with Crippen LogP contribution in [0.4, 0.5) is 10.6 Å². The highest BCUT2D eigenvalue weighted by atomic mass is 16.5. The number of hydrogen-bond donors (Lipinski definition) is 1. The minimum atomic E-state index is 0.0692. The fourth-order valence-corrected chi connectivity index (χ4v) is 3.76. The summed E-state index contributed by atoms with van der Waals surface area (Å²) in [7, 11) is 1.75. The molecule has 2 aliphatic heterocycles. The number of urea groups is 1. The molecule has 0 bridgehead atoms. The largest absolute Gasteiger partial charge is 0.383 e. The molecule has 26 heavy (non-hydrogen) atoms. The molecular formula is C19H31N5O2. The van der Waals surface area contributed by atoms with Gasteiger partial charge >= 0.3 is 6.03 Å². The van der Waals surface area contributed by atoms with Crippen molar-refractivity contribution in [3.63, 3.8) is 0 Å². The van der Waals surface area contributed by atoms with E-state index in [0.29, 0.717) is 5.92 Å². The van der Waals surface area contributed by atoms with Crippen molar-refractivity contribution in [3.05, 3.63) is 24.4 Å². The number of nitrogens with one attached hydrogen (secondary N) is 1. The van der Waals surface area contributed by atoms with Crippen molar-refractivity contribution in [1.82, 2.24) is 20.1 Å². The number of carbonyl (C=O) groups excluding carboxylic acids is 1. The molecule has 1 N–H and O–H groups in total. The van der Waals surface area contributed by atoms with Crippen LogP contribution in [-0.2, 0) is 4.74 Å². The number of methoxy groups -OCH3 is 1. The van der Waals surface area contributed by atoms with Gasteiger partial charge in [0.15, 0.2) is 0 Å². The van der Waals surface area contributed by atoms with Gasteiger partial charge in [0.2, 0.25) is 0 Å². The highest BCUT2D eigenvalue weighted by Gasteiger charge is 2.24. The molecular weight excluding hydrogens is 330 g/mol. The van der Waals surface area contributed by atoms with Crippen molar-refractivity contribution >= 4 is 11.8 Å². The fraction of sp³-hybridized carbons (Fsp3) is 0.684. The van der Waals surface area contributed by atoms with Gasteiger partial charge in [-0.15, -0.1) is 0 Å². The lowest BCUT2D eigenvalue weighted by Crippen LogP contribution is -2.53. The van der Waals surface area contributed by atoms with Gasteiger partial charge in [-0.3, -0.25) is 0 Å². The smallest absolute Gasteiger partial charge is 0.317 e. The number of hydrogen-bond acceptors (Lipinski definition) is 5. The first-order valence-corrected chi connectivity index (χ1v) is 9.66. The summed E-state index contributed by atoms with van der Waals surface area (Å²) in [6, 6.07) is 6.02. The Kier molecular flexibility index (Phi) is 7.08. The molecule has 0 aromatic carbocycles. The van der Waals surface area contributed by atoms with Gasteiger partial charge in [-0.25, -0.2) is 9.78 Å². The molecule has 1 aromatic rings. The third kappa shape index (κ3) is 5.32. The molecule has 0 radical (unpaired) electrons. The van der Waals surface area contributed by atoms with E-state index in [9.17, 15) is 4.79 Å². The van der Waals surface area contributed by atoms with Gasteiger partial charge in [0.1, 0.15) is 5.82 Å². The summed E-state index contributed by atoms with van der Waals surface area (Å²) in [5.41, 5.74) is 0. The molecule has 0 unspecified atom stereocenters. The number of anilines is 1. The Labute approximate surface area is 156 Å². The van der Waals surface area contributed by atoms with E-state index in [1.165, 1.54) is 12.8 Å². The van der Waals surface area contributed by atoms with E-state index in [-0.39, 0.29) is 6.03 Å². The van der Waals surface area contributed by atoms with Crippen molar-refractivity contribution < 1.29 is 9.53 Å². The van der Waals surface area contributed by atoms with Crippen molar-refractivity contribution in [2.75, 3.05) is 71.0 Å². The van der Waals surface area contributed by atoms with Gasteiger partial charge in [0.05, 0.1) is 6.61 Å². The van der Waals surface area contributed by atoms with Crippen LogP contribution in [0.15, 0.2) is 24.4 Å². The van der Waals surface area contributed by atoms with Crippen molar-refractivity contribution in [2.24, 2.45) is 5.92 Å². The molecule has 2 saturated heterocycles. The first-order chi connectivity index (χ1) is 12.8. The van der Waals surface area contributed by atoms with Crippen LogP contribution in [-0.4, -0.2) is 86.9 Å². The lowest BCUT2D eigenvalue weighted by molar-refractivity contribution is 0.113. The number of nitrogens with zero attached hydrogens (tertiary/aromatic N) is 4. The molecule has 2 fully saturated rings. The van der Waals surface area contributed by atoms with Gasteiger partial charge in [0.25, 0.3) is 0 Å². The normalized spacial score (nSPS) is 21.7. The minimum Gasteiger partial charge on any atom is -0.383 e. The average molecular weight is 361 g/mol. The zero-order valence-electron chi connectivity index (χ0n) is 15.8. The maximum absolute atomic E-state index is 12.5. The molecule has 0 aliphatic carbocycles. The maximum Gasteiger partial charge on any atom is 0.317 e. The molecule has 1 atom stereocenters. The second-order valence-corrected chi connectivity index (χ2v) is 7.15. The van der Waals surface area contributed by atoms with Crippen molar-refractivity contribution in [3.8, 4) is 0 Å². The van der Waals surface area contributed by atoms with E-state index >= 15 is 0 Å². The number of piperidine rings is 1. The Hall–Kier alpha value is -1.86. The molecule has 3 rings (SSSR count). The van der Waals surface area contributed by atoms with Crippen molar-refractivity contribution in [1.29, 1.82) is 0 Å². The van der Waals surface area contributed by atoms with Crippen LogP contribution in [0, 0.1) is 5.92 Å². The predicted octanol–water partition coefficient (Wildman–Crippen LogP) is 1.27. The van der Waals surface area contributed by atoms with Gasteiger partial charge in [-0.2, -0.15) is 0 Å². The zero-order valence-corrected chi connectivity index (χ0v) is 15.8. The molecule has 1 aromatic heterocycles. The summed E-state index contributed by atoms with van der Waals surface area (Å²) in [5.74, 6) is 1.53. The standard InChI is InChI=1S/C19H31N5O2/c1-26-14-13-22-8-4-5-17(16-22)15-21-19(25)24-11-9-23(10-12-24)18-6-2-3-7-20-18/h2-3,6-7,17H,4-5,8-16H2,1H3,(H,21,25)/t17-/m1/s1. The zero-order chi connectivity index (χ0) is 18.2. The molecule has 2 amide bonds. The number of likely N-dealkylation sites (tertiary alicyclic amines) is 1. The second-order valence-electron chi connectivity index (χ2n) is 7.15. The number of rotatable bonds is 6. The molecule has 144 valence electrons. The van der Waals surface area contributed by atoms with Crippen LogP contribution in [0.5, 0.6) is 0 Å². The van der Waals surface area contributed by atoms with E-state index in [1.807, 2.05) is 29.3 Å². The Morgan fingerprint density at radius 3 is 2.85 bits per heavy atom. The van der Waals surface area contributed by atoms with Gasteiger partial charge in [-0.1, -0.05) is 6.07 Å². The quantitative estimate of drug-likeness (QED) is 0.827. The number of ether oxygens (including phenoxy) is 1. The van der Waals surface area contributed by atoms with Crippen LogP contribution in [0.1, 0.15) is 12.8 Å². The lowest BCUT2D eigenvalue weighted by atomic mass is 9.98. The van der Waals surface area contributed by atoms with E-state index in [0.717, 1.165) is 64.8 Å². The van der Waals surface area contributed by atoms with Crippen LogP contribution in [0.25, 0.3) is 0 Å². The Bertz CT molecular complexity index is 548. The molecule has 0 spiro atoms. The SMILES string of the molecule is COCCN1CCC[C@H](CNC(=O)N2CCN(c3ccccn3)CC2)C1. The Morgan fingerprint density at radius 1 is 1.27 bits per heavy atom. The lowest BCUT2D eigenvalue weighted by Gasteiger charge is -2.36. The molecule has 3 heterocycles. The monoisotopic (exact) mass is 361 g/mol. The Morgan fingerprint density at radius 2 is 2.12 bits per heavy atom. The second kappa shape index (κ2) is 9.73. The molecule has 7 heteroatoms. The third-order valence-electron chi connectivity index (χ3n) is 5.30. The van der Waals surface area contributed by atoms with Crippen molar-refractivity contribution in [2.45, 2.75) is 12.8 Å². The predicted molar refractivity (Wildman–Crippen MR) is 102 cm³/mol. The average Bonchev–Trinajstić information content (AvgIpc) is 2.71. The van der Waals surface area contributed by atoms with Gasteiger partial charge in [0, 0.05) is 59.1 Å². The first-order valence-electron chi connectivity index (χ1n) is 9.66. The maximum atomic E-state index is 12.5. The first kappa shape index (κ1) is 18.9. The number of piperazine rings is 1. The van der Waals surface area contributed by atoms with Crippen LogP contribution >= 0.6 is 0 Å². The van der Waals surface area contributed by atoms with Gasteiger partial charge in [-0.05, 0) is 37.4 Å². The Balaban J connectivity index is 1.38. The summed E-state index contributed by atoms with van der Waals surface area (Å²) in [6.45, 7) is 7.87. The van der Waals surface area contributed by atoms with E-state index in [2.05, 4.69) is 20.1 Å². The summed E-state index contributed by atoms with van der Waals surface area (Å²) < 4.78 is 5.17. The van der Waals surface area contributed by atoms with Crippen LogP contribution in [0.3, 0.4) is 0 Å². The van der Waals surface area contributed by atoms with E-state index in [1.54, 1.807) is 7.11 Å². The number of carbonyl (C=O) groups is 1. The third-order valence-corrected chi connectivity index (χ3v) is 5.30.